The van der Waals surface area contributed by atoms with Gasteiger partial charge in [0.15, 0.2) is 0 Å². The van der Waals surface area contributed by atoms with E-state index in [1.807, 2.05) is 62.0 Å². The SMILES string of the molecule is C=C/C(C)=C(\CCCC)c1ccc(C)c(/C(C)=C(\C)N(NCSCc2cc(CSc3cc(C)c(/C=C\C)c(CC)c3)n(C)n2)C(C)C)c1C.CC.CC. The summed E-state index contributed by atoms with van der Waals surface area (Å²) in [4.78, 5) is 1.33. The van der Waals surface area contributed by atoms with Crippen molar-refractivity contribution in [1.29, 1.82) is 0 Å². The highest BCUT2D eigenvalue weighted by atomic mass is 32.2. The second-order valence-electron chi connectivity index (χ2n) is 13.4. The molecule has 4 nitrogen and oxygen atoms in total. The van der Waals surface area contributed by atoms with Gasteiger partial charge >= 0.3 is 0 Å². The van der Waals surface area contributed by atoms with Gasteiger partial charge in [-0.2, -0.15) is 5.10 Å². The smallest absolute Gasteiger partial charge is 0.0727 e. The Balaban J connectivity index is 0.00000339. The number of unbranched alkanes of at least 4 members (excludes halogenated alkanes) is 1. The first-order chi connectivity index (χ1) is 25.4. The summed E-state index contributed by atoms with van der Waals surface area (Å²) in [5.41, 5.74) is 20.9. The number of thioether (sulfide) groups is 2. The quantitative estimate of drug-likeness (QED) is 0.0459. The minimum absolute atomic E-state index is 0.310. The van der Waals surface area contributed by atoms with Gasteiger partial charge in [-0.25, -0.2) is 5.43 Å². The Morgan fingerprint density at radius 3 is 2.25 bits per heavy atom. The number of hydrazine groups is 1. The molecule has 1 N–H and O–H groups in total. The number of hydrogen-bond acceptors (Lipinski definition) is 5. The van der Waals surface area contributed by atoms with Crippen molar-refractivity contribution in [3.8, 4) is 0 Å². The lowest BCUT2D eigenvalue weighted by atomic mass is 9.86. The molecule has 0 aliphatic carbocycles. The van der Waals surface area contributed by atoms with Gasteiger partial charge in [-0.15, -0.1) is 23.5 Å². The topological polar surface area (TPSA) is 33.1 Å². The summed E-state index contributed by atoms with van der Waals surface area (Å²) >= 11 is 3.77. The highest BCUT2D eigenvalue weighted by molar-refractivity contribution is 7.98. The van der Waals surface area contributed by atoms with E-state index < -0.39 is 0 Å². The molecule has 0 amide bonds. The lowest BCUT2D eigenvalue weighted by Gasteiger charge is -2.32. The van der Waals surface area contributed by atoms with E-state index in [0.29, 0.717) is 6.04 Å². The van der Waals surface area contributed by atoms with Gasteiger partial charge in [0.05, 0.1) is 11.6 Å². The fourth-order valence-corrected chi connectivity index (χ4v) is 8.40. The van der Waals surface area contributed by atoms with E-state index in [2.05, 4.69) is 143 Å². The lowest BCUT2D eigenvalue weighted by Crippen LogP contribution is -2.41. The molecule has 0 spiro atoms. The number of nitrogens with one attached hydrogen (secondary N) is 1. The highest BCUT2D eigenvalue weighted by Gasteiger charge is 2.19. The number of rotatable bonds is 18. The fraction of sp³-hybridized carbons (Fsp3) is 0.511. The van der Waals surface area contributed by atoms with Crippen molar-refractivity contribution in [2.45, 2.75) is 152 Å². The van der Waals surface area contributed by atoms with E-state index in [9.17, 15) is 0 Å². The van der Waals surface area contributed by atoms with Crippen LogP contribution in [0.15, 0.2) is 65.2 Å². The molecule has 3 rings (SSSR count). The Labute approximate surface area is 335 Å². The lowest BCUT2D eigenvalue weighted by molar-refractivity contribution is 0.214. The van der Waals surface area contributed by atoms with Crippen molar-refractivity contribution < 1.29 is 0 Å². The molecule has 2 aromatic carbocycles. The van der Waals surface area contributed by atoms with Gasteiger partial charge in [0.25, 0.3) is 0 Å². The molecule has 0 bridgehead atoms. The minimum atomic E-state index is 0.310. The summed E-state index contributed by atoms with van der Waals surface area (Å²) in [7, 11) is 2.07. The molecule has 0 atom stereocenters. The fourth-order valence-electron chi connectivity index (χ4n) is 6.64. The predicted octanol–water partition coefficient (Wildman–Crippen LogP) is 14.3. The van der Waals surface area contributed by atoms with E-state index in [1.165, 1.54) is 84.8 Å². The van der Waals surface area contributed by atoms with Gasteiger partial charge in [0, 0.05) is 40.9 Å². The average molecular weight is 759 g/mol. The maximum atomic E-state index is 4.86. The molecule has 6 heteroatoms. The number of aromatic nitrogens is 2. The van der Waals surface area contributed by atoms with E-state index in [4.69, 9.17) is 5.10 Å². The molecule has 0 unspecified atom stereocenters. The number of nitrogens with zero attached hydrogens (tertiary/aromatic N) is 3. The summed E-state index contributed by atoms with van der Waals surface area (Å²) in [6.07, 6.45) is 10.9. The van der Waals surface area contributed by atoms with Crippen molar-refractivity contribution in [3.05, 3.63) is 111 Å². The molecule has 0 aliphatic rings. The van der Waals surface area contributed by atoms with Crippen LogP contribution in [-0.2, 0) is 25.0 Å². The van der Waals surface area contributed by atoms with Crippen LogP contribution in [0, 0.1) is 20.8 Å². The van der Waals surface area contributed by atoms with Crippen molar-refractivity contribution in [1.82, 2.24) is 20.2 Å². The Kier molecular flexibility index (Phi) is 22.9. The van der Waals surface area contributed by atoms with Crippen molar-refractivity contribution in [2.24, 2.45) is 7.05 Å². The maximum absolute atomic E-state index is 4.86. The third-order valence-corrected chi connectivity index (χ3v) is 11.4. The summed E-state index contributed by atoms with van der Waals surface area (Å²) in [5.74, 6) is 2.58. The first-order valence-corrected chi connectivity index (χ1v) is 22.1. The summed E-state index contributed by atoms with van der Waals surface area (Å²) in [5, 5.41) is 7.20. The standard InChI is InChI=1S/C43H62N4S2.2C2H6/c1-14-18-20-41(30(7)16-3)42-22-21-31(8)43(34(42)11)33(10)35(12)47(29(5)6)44-28-48-26-37-25-38(46(13)45-37)27-49-39-23-32(9)40(19-15-2)36(17-4)24-39;2*1-2/h15-16,19,21-25,29,44H,3,14,17-18,20,26-28H2,1-2,4-13H3;2*1-2H3/b19-15-,35-33+,41-30+;;. The van der Waals surface area contributed by atoms with Crippen LogP contribution in [0.4, 0.5) is 0 Å². The van der Waals surface area contributed by atoms with Gasteiger partial charge < -0.3 is 5.01 Å². The van der Waals surface area contributed by atoms with Crippen LogP contribution < -0.4 is 5.43 Å². The summed E-state index contributed by atoms with van der Waals surface area (Å²) < 4.78 is 2.05. The molecule has 3 aromatic rings. The largest absolute Gasteiger partial charge is 0.309 e. The van der Waals surface area contributed by atoms with Crippen LogP contribution in [0.3, 0.4) is 0 Å². The van der Waals surface area contributed by atoms with Gasteiger partial charge in [0.2, 0.25) is 0 Å². The van der Waals surface area contributed by atoms with Gasteiger partial charge in [-0.05, 0) is 155 Å². The maximum Gasteiger partial charge on any atom is 0.0727 e. The molecule has 0 saturated heterocycles. The van der Waals surface area contributed by atoms with Crippen LogP contribution in [0.25, 0.3) is 17.2 Å². The second kappa shape index (κ2) is 25.2. The van der Waals surface area contributed by atoms with E-state index in [-0.39, 0.29) is 0 Å². The molecule has 0 radical (unpaired) electrons. The minimum Gasteiger partial charge on any atom is -0.309 e. The molecule has 1 aromatic heterocycles. The summed E-state index contributed by atoms with van der Waals surface area (Å²) in [6, 6.07) is 11.9. The first kappa shape index (κ1) is 48.1. The van der Waals surface area contributed by atoms with Gasteiger partial charge in [-0.3, -0.25) is 4.68 Å². The molecule has 0 saturated carbocycles. The Bertz CT molecular complexity index is 1670. The van der Waals surface area contributed by atoms with Crippen molar-refractivity contribution in [2.75, 3.05) is 5.88 Å². The Morgan fingerprint density at radius 1 is 0.981 bits per heavy atom. The molecular weight excluding hydrogens is 685 g/mol. The van der Waals surface area contributed by atoms with Crippen LogP contribution in [0.5, 0.6) is 0 Å². The number of aryl methyl sites for hydroxylation is 4. The Hall–Kier alpha value is -2.93. The second-order valence-corrected chi connectivity index (χ2v) is 15.5. The number of allylic oxidation sites excluding steroid dienone is 6. The normalized spacial score (nSPS) is 12.2. The van der Waals surface area contributed by atoms with Gasteiger partial charge in [-0.1, -0.05) is 84.9 Å². The van der Waals surface area contributed by atoms with E-state index >= 15 is 0 Å². The zero-order valence-corrected chi connectivity index (χ0v) is 38.1. The molecular formula is C47H74N4S2. The number of benzene rings is 2. The van der Waals surface area contributed by atoms with Crippen LogP contribution in [-0.4, -0.2) is 26.7 Å². The third-order valence-electron chi connectivity index (χ3n) is 9.52. The molecule has 53 heavy (non-hydrogen) atoms. The molecule has 0 fully saturated rings. The zero-order valence-electron chi connectivity index (χ0n) is 36.5. The molecule has 294 valence electrons. The molecule has 1 heterocycles. The van der Waals surface area contributed by atoms with Crippen LogP contribution in [0.1, 0.15) is 153 Å². The number of hydrogen-bond donors (Lipinski definition) is 1. The Morgan fingerprint density at radius 2 is 1.66 bits per heavy atom. The zero-order chi connectivity index (χ0) is 40.2. The van der Waals surface area contributed by atoms with E-state index in [1.54, 1.807) is 0 Å². The van der Waals surface area contributed by atoms with Crippen LogP contribution >= 0.6 is 23.5 Å². The third kappa shape index (κ3) is 13.7. The molecule has 0 aliphatic heterocycles. The van der Waals surface area contributed by atoms with Crippen LogP contribution in [0.2, 0.25) is 0 Å². The van der Waals surface area contributed by atoms with Crippen molar-refractivity contribution >= 4 is 40.7 Å². The van der Waals surface area contributed by atoms with Gasteiger partial charge in [0.1, 0.15) is 0 Å². The van der Waals surface area contributed by atoms with Crippen molar-refractivity contribution in [3.63, 3.8) is 0 Å². The highest BCUT2D eigenvalue weighted by Crippen LogP contribution is 2.35. The predicted molar refractivity (Wildman–Crippen MR) is 244 cm³/mol. The monoisotopic (exact) mass is 759 g/mol. The average Bonchev–Trinajstić information content (AvgIpc) is 3.51. The summed E-state index contributed by atoms with van der Waals surface area (Å²) in [6.45, 7) is 36.7. The van der Waals surface area contributed by atoms with E-state index in [0.717, 1.165) is 35.9 Å². The first-order valence-electron chi connectivity index (χ1n) is 20.0.